The molecular weight excluding hydrogens is 200 g/mol. The molecule has 1 saturated carbocycles. The van der Waals surface area contributed by atoms with Crippen LogP contribution >= 0.6 is 0 Å². The maximum Gasteiger partial charge on any atom is 0.148 e. The van der Waals surface area contributed by atoms with E-state index in [1.165, 1.54) is 31.4 Å². The zero-order valence-corrected chi connectivity index (χ0v) is 10.1. The van der Waals surface area contributed by atoms with Gasteiger partial charge in [-0.15, -0.1) is 0 Å². The summed E-state index contributed by atoms with van der Waals surface area (Å²) >= 11 is 0. The summed E-state index contributed by atoms with van der Waals surface area (Å²) in [5.41, 5.74) is 2.78. The lowest BCUT2D eigenvalue weighted by atomic mass is 9.86. The Labute approximate surface area is 96.4 Å². The van der Waals surface area contributed by atoms with Gasteiger partial charge in [-0.2, -0.15) is 5.10 Å². The summed E-state index contributed by atoms with van der Waals surface area (Å²) in [6, 6.07) is 0. The highest BCUT2D eigenvalue weighted by atomic mass is 15.3. The van der Waals surface area contributed by atoms with Crippen molar-refractivity contribution >= 4 is 11.5 Å². The molecule has 1 fully saturated rings. The summed E-state index contributed by atoms with van der Waals surface area (Å²) in [5.74, 6) is 1.15. The van der Waals surface area contributed by atoms with Gasteiger partial charge in [0.1, 0.15) is 11.5 Å². The summed E-state index contributed by atoms with van der Waals surface area (Å²) in [4.78, 5) is 0. The summed E-state index contributed by atoms with van der Waals surface area (Å²) in [6.45, 7) is 4.26. The van der Waals surface area contributed by atoms with Gasteiger partial charge in [-0.25, -0.2) is 0 Å². The second-order valence-corrected chi connectivity index (χ2v) is 5.35. The minimum Gasteiger partial charge on any atom is -0.380 e. The first-order valence-corrected chi connectivity index (χ1v) is 6.22. The van der Waals surface area contributed by atoms with E-state index in [4.69, 9.17) is 0 Å². The number of nitrogens with one attached hydrogen (secondary N) is 2. The second-order valence-electron chi connectivity index (χ2n) is 5.35. The van der Waals surface area contributed by atoms with Crippen LogP contribution in [0.5, 0.6) is 0 Å². The third-order valence-electron chi connectivity index (χ3n) is 4.16. The van der Waals surface area contributed by atoms with Crippen LogP contribution < -0.4 is 10.6 Å². The summed E-state index contributed by atoms with van der Waals surface area (Å²) in [7, 11) is 2.01. The first-order valence-electron chi connectivity index (χ1n) is 6.22. The average molecular weight is 220 g/mol. The highest BCUT2D eigenvalue weighted by Gasteiger charge is 2.36. The molecule has 1 aliphatic carbocycles. The lowest BCUT2D eigenvalue weighted by molar-refractivity contribution is 0.345. The lowest BCUT2D eigenvalue weighted by Crippen LogP contribution is -2.32. The minimum atomic E-state index is 0.478. The van der Waals surface area contributed by atoms with Crippen LogP contribution in [0.15, 0.2) is 0 Å². The van der Waals surface area contributed by atoms with Crippen molar-refractivity contribution in [2.45, 2.75) is 32.6 Å². The zero-order valence-electron chi connectivity index (χ0n) is 10.1. The number of fused-ring (bicyclic) bond motifs is 1. The van der Waals surface area contributed by atoms with Crippen molar-refractivity contribution in [2.24, 2.45) is 12.5 Å². The van der Waals surface area contributed by atoms with Gasteiger partial charge in [0.15, 0.2) is 0 Å². The Bertz CT molecular complexity index is 371. The molecular formula is C12H20N4. The molecule has 0 bridgehead atoms. The van der Waals surface area contributed by atoms with Crippen LogP contribution in [0.4, 0.5) is 11.5 Å². The maximum atomic E-state index is 4.44. The van der Waals surface area contributed by atoms with Gasteiger partial charge < -0.3 is 10.6 Å². The van der Waals surface area contributed by atoms with Crippen LogP contribution in [0.1, 0.15) is 31.4 Å². The van der Waals surface area contributed by atoms with Gasteiger partial charge in [-0.3, -0.25) is 4.68 Å². The minimum absolute atomic E-state index is 0.478. The smallest absolute Gasteiger partial charge is 0.148 e. The predicted molar refractivity (Wildman–Crippen MR) is 65.8 cm³/mol. The molecule has 1 aliphatic heterocycles. The molecule has 2 N–H and O–H groups in total. The van der Waals surface area contributed by atoms with E-state index in [9.17, 15) is 0 Å². The standard InChI is InChI=1S/C12H20N4/c1-9-10-11(16(2)15-9)14-8-12(7-13-10)5-3-4-6-12/h13-14H,3-8H2,1-2H3. The molecule has 1 aromatic rings. The van der Waals surface area contributed by atoms with Crippen molar-refractivity contribution in [1.29, 1.82) is 0 Å². The fourth-order valence-corrected chi connectivity index (χ4v) is 3.16. The molecule has 4 nitrogen and oxygen atoms in total. The largest absolute Gasteiger partial charge is 0.380 e. The Morgan fingerprint density at radius 3 is 2.62 bits per heavy atom. The molecule has 1 spiro atoms. The van der Waals surface area contributed by atoms with Crippen molar-refractivity contribution in [3.8, 4) is 0 Å². The van der Waals surface area contributed by atoms with Crippen LogP contribution in [0, 0.1) is 12.3 Å². The first-order chi connectivity index (χ1) is 7.70. The second kappa shape index (κ2) is 3.40. The molecule has 4 heteroatoms. The Morgan fingerprint density at radius 1 is 1.19 bits per heavy atom. The predicted octanol–water partition coefficient (Wildman–Crippen LogP) is 2.13. The quantitative estimate of drug-likeness (QED) is 0.704. The van der Waals surface area contributed by atoms with E-state index in [1.807, 2.05) is 11.7 Å². The molecule has 0 aromatic carbocycles. The topological polar surface area (TPSA) is 41.9 Å². The first kappa shape index (κ1) is 10.00. The van der Waals surface area contributed by atoms with Gasteiger partial charge in [0.2, 0.25) is 0 Å². The Morgan fingerprint density at radius 2 is 1.88 bits per heavy atom. The molecule has 88 valence electrons. The van der Waals surface area contributed by atoms with Crippen molar-refractivity contribution < 1.29 is 0 Å². The number of nitrogens with zero attached hydrogens (tertiary/aromatic N) is 2. The van der Waals surface area contributed by atoms with E-state index in [0.29, 0.717) is 5.41 Å². The fourth-order valence-electron chi connectivity index (χ4n) is 3.16. The Hall–Kier alpha value is -1.19. The lowest BCUT2D eigenvalue weighted by Gasteiger charge is -2.27. The van der Waals surface area contributed by atoms with E-state index in [1.54, 1.807) is 0 Å². The third-order valence-corrected chi connectivity index (χ3v) is 4.16. The van der Waals surface area contributed by atoms with Crippen molar-refractivity contribution in [3.63, 3.8) is 0 Å². The SMILES string of the molecule is Cc1nn(C)c2c1NCC1(CCCC1)CN2. The van der Waals surface area contributed by atoms with Crippen LogP contribution in [-0.2, 0) is 7.05 Å². The Kier molecular flexibility index (Phi) is 2.13. The maximum absolute atomic E-state index is 4.44. The van der Waals surface area contributed by atoms with Gasteiger partial charge in [0.05, 0.1) is 5.69 Å². The third kappa shape index (κ3) is 1.39. The normalized spacial score (nSPS) is 22.4. The van der Waals surface area contributed by atoms with E-state index < -0.39 is 0 Å². The van der Waals surface area contributed by atoms with Crippen molar-refractivity contribution in [1.82, 2.24) is 9.78 Å². The van der Waals surface area contributed by atoms with Crippen LogP contribution in [0.2, 0.25) is 0 Å². The highest BCUT2D eigenvalue weighted by molar-refractivity contribution is 5.69. The van der Waals surface area contributed by atoms with Crippen molar-refractivity contribution in [3.05, 3.63) is 5.69 Å². The van der Waals surface area contributed by atoms with E-state index in [2.05, 4.69) is 22.7 Å². The number of aromatic nitrogens is 2. The molecule has 2 aliphatic rings. The van der Waals surface area contributed by atoms with Crippen molar-refractivity contribution in [2.75, 3.05) is 23.7 Å². The Balaban J connectivity index is 1.90. The number of hydrogen-bond acceptors (Lipinski definition) is 3. The number of hydrogen-bond donors (Lipinski definition) is 2. The molecule has 0 amide bonds. The highest BCUT2D eigenvalue weighted by Crippen LogP contribution is 2.41. The summed E-state index contributed by atoms with van der Waals surface area (Å²) < 4.78 is 1.95. The molecule has 2 heterocycles. The number of rotatable bonds is 0. The van der Waals surface area contributed by atoms with Crippen LogP contribution in [0.3, 0.4) is 0 Å². The van der Waals surface area contributed by atoms with Crippen LogP contribution in [-0.4, -0.2) is 22.9 Å². The summed E-state index contributed by atoms with van der Waals surface area (Å²) in [6.07, 6.45) is 5.48. The van der Waals surface area contributed by atoms with E-state index >= 15 is 0 Å². The molecule has 3 rings (SSSR count). The van der Waals surface area contributed by atoms with Gasteiger partial charge in [0, 0.05) is 25.6 Å². The molecule has 16 heavy (non-hydrogen) atoms. The molecule has 0 radical (unpaired) electrons. The van der Waals surface area contributed by atoms with E-state index in [-0.39, 0.29) is 0 Å². The number of aryl methyl sites for hydroxylation is 2. The molecule has 0 atom stereocenters. The van der Waals surface area contributed by atoms with Gasteiger partial charge in [-0.05, 0) is 19.8 Å². The number of anilines is 2. The average Bonchev–Trinajstić information content (AvgIpc) is 2.72. The van der Waals surface area contributed by atoms with Gasteiger partial charge in [-0.1, -0.05) is 12.8 Å². The zero-order chi connectivity index (χ0) is 11.2. The van der Waals surface area contributed by atoms with Gasteiger partial charge >= 0.3 is 0 Å². The van der Waals surface area contributed by atoms with E-state index in [0.717, 1.165) is 24.6 Å². The fraction of sp³-hybridized carbons (Fsp3) is 0.750. The molecule has 1 aromatic heterocycles. The van der Waals surface area contributed by atoms with Crippen LogP contribution in [0.25, 0.3) is 0 Å². The van der Waals surface area contributed by atoms with Gasteiger partial charge in [0.25, 0.3) is 0 Å². The monoisotopic (exact) mass is 220 g/mol. The molecule has 0 unspecified atom stereocenters. The molecule has 0 saturated heterocycles. The summed E-state index contributed by atoms with van der Waals surface area (Å²) in [5, 5.41) is 11.6.